The summed E-state index contributed by atoms with van der Waals surface area (Å²) in [6, 6.07) is 5.73. The number of rotatable bonds is 4. The maximum absolute atomic E-state index is 12.0. The highest BCUT2D eigenvalue weighted by atomic mass is 16.5. The van der Waals surface area contributed by atoms with Crippen molar-refractivity contribution in [2.45, 2.75) is 40.7 Å². The van der Waals surface area contributed by atoms with E-state index in [-0.39, 0.29) is 11.9 Å². The monoisotopic (exact) mass is 250 g/mol. The van der Waals surface area contributed by atoms with Crippen molar-refractivity contribution in [2.75, 3.05) is 0 Å². The Labute approximate surface area is 109 Å². The lowest BCUT2D eigenvalue weighted by atomic mass is 9.95. The highest BCUT2D eigenvalue weighted by Crippen LogP contribution is 2.24. The van der Waals surface area contributed by atoms with E-state index in [1.54, 1.807) is 6.92 Å². The van der Waals surface area contributed by atoms with Gasteiger partial charge in [0.15, 0.2) is 0 Å². The first-order chi connectivity index (χ1) is 8.34. The molecule has 1 aromatic carbocycles. The second-order valence-corrected chi connectivity index (χ2v) is 5.17. The molecule has 3 nitrogen and oxygen atoms in total. The van der Waals surface area contributed by atoms with Gasteiger partial charge in [-0.3, -0.25) is 4.79 Å². The third-order valence-electron chi connectivity index (χ3n) is 3.18. The van der Waals surface area contributed by atoms with Crippen molar-refractivity contribution in [1.82, 2.24) is 0 Å². The van der Waals surface area contributed by atoms with E-state index in [1.807, 2.05) is 45.9 Å². The normalized spacial score (nSPS) is 14.4. The molecule has 0 spiro atoms. The first-order valence-corrected chi connectivity index (χ1v) is 6.30. The first-order valence-electron chi connectivity index (χ1n) is 6.30. The average Bonchev–Trinajstić information content (AvgIpc) is 2.31. The van der Waals surface area contributed by atoms with Crippen LogP contribution >= 0.6 is 0 Å². The van der Waals surface area contributed by atoms with Crippen LogP contribution in [-0.2, 0) is 4.79 Å². The van der Waals surface area contributed by atoms with Crippen molar-refractivity contribution in [1.29, 1.82) is 0 Å². The Morgan fingerprint density at radius 3 is 2.11 bits per heavy atom. The Hall–Kier alpha value is -1.35. The Balaban J connectivity index is 2.82. The highest BCUT2D eigenvalue weighted by molar-refractivity contribution is 5.76. The van der Waals surface area contributed by atoms with Crippen LogP contribution in [0.1, 0.15) is 31.9 Å². The smallest absolute Gasteiger partial charge is 0.316 e. The largest absolute Gasteiger partial charge is 0.426 e. The molecule has 0 bridgehead atoms. The summed E-state index contributed by atoms with van der Waals surface area (Å²) in [5, 5.41) is 9.88. The number of aryl methyl sites for hydroxylation is 2. The van der Waals surface area contributed by atoms with E-state index in [1.165, 1.54) is 0 Å². The van der Waals surface area contributed by atoms with Crippen molar-refractivity contribution < 1.29 is 14.6 Å². The standard InChI is InChI=1S/C15H22O3/c1-9(2)13(16)12(5)15(17)18-14-10(3)7-6-8-11(14)4/h6-9,12-13,16H,1-5H3/t12-,13-/m1/s1. The van der Waals surface area contributed by atoms with E-state index in [9.17, 15) is 9.90 Å². The second kappa shape index (κ2) is 6.01. The molecular weight excluding hydrogens is 228 g/mol. The van der Waals surface area contributed by atoms with E-state index in [0.29, 0.717) is 5.75 Å². The van der Waals surface area contributed by atoms with E-state index < -0.39 is 12.0 Å². The topological polar surface area (TPSA) is 46.5 Å². The fourth-order valence-electron chi connectivity index (χ4n) is 1.87. The molecule has 2 atom stereocenters. The minimum absolute atomic E-state index is 0.0329. The third-order valence-corrected chi connectivity index (χ3v) is 3.18. The molecule has 18 heavy (non-hydrogen) atoms. The van der Waals surface area contributed by atoms with Crippen molar-refractivity contribution in [3.63, 3.8) is 0 Å². The van der Waals surface area contributed by atoms with Crippen molar-refractivity contribution in [3.8, 4) is 5.75 Å². The second-order valence-electron chi connectivity index (χ2n) is 5.17. The van der Waals surface area contributed by atoms with Gasteiger partial charge in [-0.25, -0.2) is 0 Å². The quantitative estimate of drug-likeness (QED) is 0.660. The molecule has 0 saturated heterocycles. The van der Waals surface area contributed by atoms with Gasteiger partial charge in [0.05, 0.1) is 12.0 Å². The van der Waals surface area contributed by atoms with E-state index in [0.717, 1.165) is 11.1 Å². The lowest BCUT2D eigenvalue weighted by molar-refractivity contribution is -0.143. The number of para-hydroxylation sites is 1. The fraction of sp³-hybridized carbons (Fsp3) is 0.533. The number of aliphatic hydroxyl groups excluding tert-OH is 1. The number of aliphatic hydroxyl groups is 1. The summed E-state index contributed by atoms with van der Waals surface area (Å²) in [4.78, 5) is 12.0. The number of carbonyl (C=O) groups excluding carboxylic acids is 1. The Morgan fingerprint density at radius 1 is 1.17 bits per heavy atom. The van der Waals surface area contributed by atoms with Crippen LogP contribution in [0.3, 0.4) is 0 Å². The molecule has 0 fully saturated rings. The van der Waals surface area contributed by atoms with Crippen LogP contribution in [0, 0.1) is 25.7 Å². The maximum Gasteiger partial charge on any atom is 0.316 e. The Kier molecular flexibility index (Phi) is 4.91. The van der Waals surface area contributed by atoms with E-state index >= 15 is 0 Å². The molecule has 0 heterocycles. The summed E-state index contributed by atoms with van der Waals surface area (Å²) in [5.41, 5.74) is 1.85. The maximum atomic E-state index is 12.0. The van der Waals surface area contributed by atoms with Gasteiger partial charge in [-0.1, -0.05) is 32.0 Å². The summed E-state index contributed by atoms with van der Waals surface area (Å²) >= 11 is 0. The summed E-state index contributed by atoms with van der Waals surface area (Å²) in [6.07, 6.45) is -0.679. The molecule has 0 amide bonds. The Bertz CT molecular complexity index is 403. The number of hydrogen-bond donors (Lipinski definition) is 1. The van der Waals surface area contributed by atoms with Crippen LogP contribution in [-0.4, -0.2) is 17.2 Å². The molecule has 1 N–H and O–H groups in total. The zero-order valence-corrected chi connectivity index (χ0v) is 11.7. The van der Waals surface area contributed by atoms with E-state index in [2.05, 4.69) is 0 Å². The number of esters is 1. The van der Waals surface area contributed by atoms with Gasteiger partial charge >= 0.3 is 5.97 Å². The molecule has 1 rings (SSSR count). The van der Waals surface area contributed by atoms with Crippen LogP contribution in [0.2, 0.25) is 0 Å². The zero-order chi connectivity index (χ0) is 13.9. The molecular formula is C15H22O3. The number of hydrogen-bond acceptors (Lipinski definition) is 3. The van der Waals surface area contributed by atoms with Crippen LogP contribution in [0.25, 0.3) is 0 Å². The van der Waals surface area contributed by atoms with Gasteiger partial charge in [0.1, 0.15) is 5.75 Å². The van der Waals surface area contributed by atoms with Crippen LogP contribution < -0.4 is 4.74 Å². The molecule has 0 aliphatic carbocycles. The van der Waals surface area contributed by atoms with Crippen molar-refractivity contribution >= 4 is 5.97 Å². The van der Waals surface area contributed by atoms with Gasteiger partial charge in [0.2, 0.25) is 0 Å². The van der Waals surface area contributed by atoms with Crippen molar-refractivity contribution in [3.05, 3.63) is 29.3 Å². The predicted molar refractivity (Wildman–Crippen MR) is 71.6 cm³/mol. The predicted octanol–water partition coefficient (Wildman–Crippen LogP) is 2.86. The molecule has 1 aromatic rings. The molecule has 0 radical (unpaired) electrons. The summed E-state index contributed by atoms with van der Waals surface area (Å²) in [5.74, 6) is -0.270. The molecule has 0 saturated carbocycles. The number of benzene rings is 1. The summed E-state index contributed by atoms with van der Waals surface area (Å²) in [7, 11) is 0. The van der Waals surface area contributed by atoms with Gasteiger partial charge in [-0.15, -0.1) is 0 Å². The van der Waals surface area contributed by atoms with Gasteiger partial charge in [0.25, 0.3) is 0 Å². The molecule has 0 unspecified atom stereocenters. The van der Waals surface area contributed by atoms with E-state index in [4.69, 9.17) is 4.74 Å². The zero-order valence-electron chi connectivity index (χ0n) is 11.7. The van der Waals surface area contributed by atoms with Crippen LogP contribution in [0.5, 0.6) is 5.75 Å². The molecule has 100 valence electrons. The van der Waals surface area contributed by atoms with Crippen LogP contribution in [0.15, 0.2) is 18.2 Å². The minimum atomic E-state index is -0.679. The molecule has 3 heteroatoms. The Morgan fingerprint density at radius 2 is 1.67 bits per heavy atom. The molecule has 0 aromatic heterocycles. The van der Waals surface area contributed by atoms with Gasteiger partial charge in [0, 0.05) is 0 Å². The summed E-state index contributed by atoms with van der Waals surface area (Å²) < 4.78 is 5.41. The van der Waals surface area contributed by atoms with Gasteiger partial charge in [-0.2, -0.15) is 0 Å². The SMILES string of the molecule is Cc1cccc(C)c1OC(=O)[C@H](C)[C@H](O)C(C)C. The first kappa shape index (κ1) is 14.7. The van der Waals surface area contributed by atoms with Crippen LogP contribution in [0.4, 0.5) is 0 Å². The molecule has 0 aliphatic rings. The number of ether oxygens (including phenoxy) is 1. The van der Waals surface area contributed by atoms with Gasteiger partial charge < -0.3 is 9.84 Å². The lowest BCUT2D eigenvalue weighted by Gasteiger charge is -2.21. The number of carbonyl (C=O) groups is 1. The summed E-state index contributed by atoms with van der Waals surface area (Å²) in [6.45, 7) is 9.26. The highest BCUT2D eigenvalue weighted by Gasteiger charge is 2.26. The minimum Gasteiger partial charge on any atom is -0.426 e. The van der Waals surface area contributed by atoms with Crippen molar-refractivity contribution in [2.24, 2.45) is 11.8 Å². The fourth-order valence-corrected chi connectivity index (χ4v) is 1.87. The average molecular weight is 250 g/mol. The lowest BCUT2D eigenvalue weighted by Crippen LogP contribution is -2.33. The van der Waals surface area contributed by atoms with Gasteiger partial charge in [-0.05, 0) is 37.8 Å². The molecule has 0 aliphatic heterocycles. The third kappa shape index (κ3) is 3.33.